The van der Waals surface area contributed by atoms with Gasteiger partial charge in [-0.2, -0.15) is 0 Å². The van der Waals surface area contributed by atoms with Crippen molar-refractivity contribution in [1.29, 1.82) is 0 Å². The Morgan fingerprint density at radius 3 is 2.42 bits per heavy atom. The first-order chi connectivity index (χ1) is 20.6. The summed E-state index contributed by atoms with van der Waals surface area (Å²) >= 11 is 0. The molecule has 1 unspecified atom stereocenters. The lowest BCUT2D eigenvalue weighted by Gasteiger charge is -2.40. The van der Waals surface area contributed by atoms with Crippen LogP contribution < -0.4 is 14.9 Å². The fraction of sp³-hybridized carbons (Fsp3) is 0.394. The quantitative estimate of drug-likeness (QED) is 0.424. The highest BCUT2D eigenvalue weighted by Crippen LogP contribution is 2.47. The number of amides is 3. The molecule has 6 rings (SSSR count). The van der Waals surface area contributed by atoms with Crippen LogP contribution in [0, 0.1) is 0 Å². The Kier molecular flexibility index (Phi) is 7.81. The predicted octanol–water partition coefficient (Wildman–Crippen LogP) is 4.14. The highest BCUT2D eigenvalue weighted by atomic mass is 32.2. The van der Waals surface area contributed by atoms with Crippen LogP contribution in [0.5, 0.6) is 0 Å². The number of carbonyl (C=O) groups is 2. The second-order valence-electron chi connectivity index (χ2n) is 12.1. The third-order valence-electron chi connectivity index (χ3n) is 9.29. The molecule has 2 atom stereocenters. The first-order valence-corrected chi connectivity index (χ1v) is 16.7. The summed E-state index contributed by atoms with van der Waals surface area (Å²) in [5.41, 5.74) is 4.70. The van der Waals surface area contributed by atoms with Crippen LogP contribution in [0.4, 0.5) is 16.2 Å². The van der Waals surface area contributed by atoms with E-state index in [0.29, 0.717) is 52.0 Å². The highest BCUT2D eigenvalue weighted by Gasteiger charge is 2.47. The van der Waals surface area contributed by atoms with Crippen molar-refractivity contribution in [3.05, 3.63) is 95.6 Å². The average molecular weight is 602 g/mol. The molecule has 3 aromatic rings. The summed E-state index contributed by atoms with van der Waals surface area (Å²) in [6.07, 6.45) is 3.03. The van der Waals surface area contributed by atoms with Crippen LogP contribution in [0.3, 0.4) is 0 Å². The Balaban J connectivity index is 1.17. The van der Waals surface area contributed by atoms with Gasteiger partial charge >= 0.3 is 6.03 Å². The molecule has 226 valence electrons. The summed E-state index contributed by atoms with van der Waals surface area (Å²) in [5.74, 6) is -0.0271. The number of anilines is 2. The number of hydrogen-bond acceptors (Lipinski definition) is 5. The molecule has 10 heteroatoms. The summed E-state index contributed by atoms with van der Waals surface area (Å²) in [6.45, 7) is 2.51. The second-order valence-corrected chi connectivity index (χ2v) is 14.0. The Morgan fingerprint density at radius 1 is 1.00 bits per heavy atom. The molecule has 1 fully saturated rings. The zero-order chi connectivity index (χ0) is 30.2. The number of piperidine rings is 1. The Bertz CT molecular complexity index is 1600. The molecule has 9 nitrogen and oxygen atoms in total. The van der Waals surface area contributed by atoms with Crippen LogP contribution in [0.15, 0.2) is 78.9 Å². The molecule has 3 heterocycles. The van der Waals surface area contributed by atoms with Crippen LogP contribution >= 0.6 is 0 Å². The van der Waals surface area contributed by atoms with Gasteiger partial charge in [-0.05, 0) is 48.1 Å². The fourth-order valence-electron chi connectivity index (χ4n) is 6.96. The van der Waals surface area contributed by atoms with Gasteiger partial charge < -0.3 is 20.4 Å². The number of sulfonamides is 1. The maximum Gasteiger partial charge on any atom is 0.318 e. The summed E-state index contributed by atoms with van der Waals surface area (Å²) in [4.78, 5) is 31.0. The topological polar surface area (TPSA) is 102 Å². The molecule has 0 aliphatic carbocycles. The number of para-hydroxylation sites is 2. The number of benzene rings is 3. The number of nitrogens with zero attached hydrogens (tertiary/aromatic N) is 3. The third-order valence-corrected chi connectivity index (χ3v) is 10.4. The van der Waals surface area contributed by atoms with E-state index in [1.54, 1.807) is 16.8 Å². The molecule has 43 heavy (non-hydrogen) atoms. The Morgan fingerprint density at radius 2 is 1.67 bits per heavy atom. The Hall–Kier alpha value is -4.05. The standard InChI is InChI=1S/C33H39N5O4S/c1-36(22-24-10-4-3-5-11-24)31(39)29(20-25-21-34-28-14-8-6-12-26(25)28)35-32(40)37-18-16-33(17-19-37)23-38(43(2,41)42)30-15-9-7-13-27(30)33/h3-15,25,29,34H,16-23H2,1-2H3,(H,35,40)/t25?,29-/m0/s1. The van der Waals surface area contributed by atoms with Gasteiger partial charge in [0.1, 0.15) is 6.04 Å². The smallest absolute Gasteiger partial charge is 0.318 e. The molecule has 0 aromatic heterocycles. The number of likely N-dealkylation sites (N-methyl/N-ethyl adjacent to an activating group) is 1. The predicted molar refractivity (Wildman–Crippen MR) is 169 cm³/mol. The van der Waals surface area contributed by atoms with E-state index >= 15 is 0 Å². The molecule has 3 amide bonds. The van der Waals surface area contributed by atoms with Crippen LogP contribution in [0.25, 0.3) is 0 Å². The van der Waals surface area contributed by atoms with Crippen molar-refractivity contribution >= 4 is 33.3 Å². The molecule has 1 spiro atoms. The van der Waals surface area contributed by atoms with E-state index in [-0.39, 0.29) is 23.3 Å². The molecule has 0 saturated carbocycles. The monoisotopic (exact) mass is 601 g/mol. The maximum atomic E-state index is 13.8. The van der Waals surface area contributed by atoms with Gasteiger partial charge in [-0.15, -0.1) is 0 Å². The number of urea groups is 1. The van der Waals surface area contributed by atoms with Gasteiger partial charge in [-0.3, -0.25) is 9.10 Å². The molecule has 3 aliphatic rings. The minimum Gasteiger partial charge on any atom is -0.384 e. The van der Waals surface area contributed by atoms with Crippen molar-refractivity contribution in [3.63, 3.8) is 0 Å². The first kappa shape index (κ1) is 29.0. The lowest BCUT2D eigenvalue weighted by molar-refractivity contribution is -0.132. The number of rotatable bonds is 7. The molecule has 0 radical (unpaired) electrons. The molecule has 3 aliphatic heterocycles. The number of hydrogen-bond donors (Lipinski definition) is 2. The molecular weight excluding hydrogens is 562 g/mol. The maximum absolute atomic E-state index is 13.8. The van der Waals surface area contributed by atoms with Crippen molar-refractivity contribution in [3.8, 4) is 0 Å². The number of likely N-dealkylation sites (tertiary alicyclic amines) is 1. The number of fused-ring (bicyclic) bond motifs is 3. The minimum atomic E-state index is -3.42. The SMILES string of the molecule is CN(Cc1ccccc1)C(=O)[C@H](CC1CNc2ccccc21)NC(=O)N1CCC2(CC1)CN(S(C)(=O)=O)c1ccccc12. The van der Waals surface area contributed by atoms with Gasteiger partial charge in [0.15, 0.2) is 0 Å². The van der Waals surface area contributed by atoms with Gasteiger partial charge in [0.05, 0.1) is 11.9 Å². The van der Waals surface area contributed by atoms with Crippen molar-refractivity contribution in [2.24, 2.45) is 0 Å². The van der Waals surface area contributed by atoms with Gasteiger partial charge in [-0.25, -0.2) is 13.2 Å². The first-order valence-electron chi connectivity index (χ1n) is 14.9. The molecule has 0 bridgehead atoms. The molecule has 2 N–H and O–H groups in total. The van der Waals surface area contributed by atoms with E-state index in [9.17, 15) is 18.0 Å². The van der Waals surface area contributed by atoms with Crippen LogP contribution in [0.1, 0.15) is 41.9 Å². The molecule has 1 saturated heterocycles. The largest absolute Gasteiger partial charge is 0.384 e. The van der Waals surface area contributed by atoms with E-state index in [1.807, 2.05) is 72.8 Å². The van der Waals surface area contributed by atoms with E-state index in [1.165, 1.54) is 10.6 Å². The Labute approximate surface area is 253 Å². The van der Waals surface area contributed by atoms with Gasteiger partial charge in [0.2, 0.25) is 15.9 Å². The van der Waals surface area contributed by atoms with Crippen molar-refractivity contribution in [2.45, 2.75) is 43.2 Å². The van der Waals surface area contributed by atoms with Gasteiger partial charge in [-0.1, -0.05) is 66.7 Å². The van der Waals surface area contributed by atoms with Crippen molar-refractivity contribution in [2.75, 3.05) is 49.1 Å². The lowest BCUT2D eigenvalue weighted by Crippen LogP contribution is -2.55. The lowest BCUT2D eigenvalue weighted by atomic mass is 9.74. The number of carbonyl (C=O) groups excluding carboxylic acids is 2. The minimum absolute atomic E-state index is 0.0946. The van der Waals surface area contributed by atoms with Crippen LogP contribution in [0.2, 0.25) is 0 Å². The summed E-state index contributed by atoms with van der Waals surface area (Å²) in [5, 5.41) is 6.54. The van der Waals surface area contributed by atoms with Gasteiger partial charge in [0.25, 0.3) is 0 Å². The van der Waals surface area contributed by atoms with Crippen molar-refractivity contribution < 1.29 is 18.0 Å². The molecule has 3 aromatic carbocycles. The fourth-order valence-corrected chi connectivity index (χ4v) is 7.96. The summed E-state index contributed by atoms with van der Waals surface area (Å²) in [6, 6.07) is 24.7. The van der Waals surface area contributed by atoms with E-state index < -0.39 is 16.1 Å². The van der Waals surface area contributed by atoms with Crippen LogP contribution in [-0.2, 0) is 26.8 Å². The number of nitrogens with one attached hydrogen (secondary N) is 2. The van der Waals surface area contributed by atoms with E-state index in [0.717, 1.165) is 28.1 Å². The molecular formula is C33H39N5O4S. The summed E-state index contributed by atoms with van der Waals surface area (Å²) < 4.78 is 26.7. The normalized spacial score (nSPS) is 19.3. The van der Waals surface area contributed by atoms with Gasteiger partial charge in [0, 0.05) is 56.8 Å². The van der Waals surface area contributed by atoms with Crippen molar-refractivity contribution in [1.82, 2.24) is 15.1 Å². The zero-order valence-corrected chi connectivity index (χ0v) is 25.5. The van der Waals surface area contributed by atoms with E-state index in [2.05, 4.69) is 16.7 Å². The third kappa shape index (κ3) is 5.80. The second kappa shape index (κ2) is 11.6. The highest BCUT2D eigenvalue weighted by molar-refractivity contribution is 7.92. The van der Waals surface area contributed by atoms with Crippen LogP contribution in [-0.4, -0.2) is 75.7 Å². The van der Waals surface area contributed by atoms with E-state index in [4.69, 9.17) is 0 Å². The summed E-state index contributed by atoms with van der Waals surface area (Å²) in [7, 11) is -1.63. The average Bonchev–Trinajstić information content (AvgIpc) is 3.56. The zero-order valence-electron chi connectivity index (χ0n) is 24.7.